The van der Waals surface area contributed by atoms with Gasteiger partial charge in [0.1, 0.15) is 0 Å². The topological polar surface area (TPSA) is 12.0 Å². The summed E-state index contributed by atoms with van der Waals surface area (Å²) in [7, 11) is 0. The van der Waals surface area contributed by atoms with Gasteiger partial charge in [0, 0.05) is 12.6 Å². The van der Waals surface area contributed by atoms with Crippen molar-refractivity contribution in [1.82, 2.24) is 5.32 Å². The molecule has 1 aromatic rings. The van der Waals surface area contributed by atoms with E-state index in [9.17, 15) is 0 Å². The van der Waals surface area contributed by atoms with Crippen LogP contribution in [0.25, 0.3) is 0 Å². The smallest absolute Gasteiger partial charge is 0.0210 e. The van der Waals surface area contributed by atoms with E-state index < -0.39 is 0 Å². The van der Waals surface area contributed by atoms with Crippen LogP contribution >= 0.6 is 0 Å². The van der Waals surface area contributed by atoms with Crippen LogP contribution in [0.1, 0.15) is 49.8 Å². The van der Waals surface area contributed by atoms with Gasteiger partial charge in [0.15, 0.2) is 0 Å². The zero-order valence-electron chi connectivity index (χ0n) is 12.3. The molecule has 18 heavy (non-hydrogen) atoms. The second kappa shape index (κ2) is 5.88. The van der Waals surface area contributed by atoms with E-state index in [2.05, 4.69) is 51.2 Å². The molecule has 100 valence electrons. The van der Waals surface area contributed by atoms with E-state index in [-0.39, 0.29) is 0 Å². The van der Waals surface area contributed by atoms with E-state index >= 15 is 0 Å². The Hall–Kier alpha value is -0.820. The minimum atomic E-state index is 0.712. The van der Waals surface area contributed by atoms with E-state index in [0.717, 1.165) is 18.4 Å². The number of nitrogens with one attached hydrogen (secondary N) is 1. The molecular weight excluding hydrogens is 218 g/mol. The average Bonchev–Trinajstić information content (AvgIpc) is 2.30. The van der Waals surface area contributed by atoms with Crippen molar-refractivity contribution in [3.05, 3.63) is 34.9 Å². The van der Waals surface area contributed by atoms with Crippen LogP contribution < -0.4 is 5.32 Å². The van der Waals surface area contributed by atoms with Gasteiger partial charge in [-0.05, 0) is 61.6 Å². The van der Waals surface area contributed by atoms with Crippen LogP contribution in [-0.4, -0.2) is 6.04 Å². The maximum Gasteiger partial charge on any atom is 0.0210 e. The molecule has 1 saturated carbocycles. The summed E-state index contributed by atoms with van der Waals surface area (Å²) in [5.74, 6) is 1.76. The van der Waals surface area contributed by atoms with Gasteiger partial charge in [0.2, 0.25) is 0 Å². The number of benzene rings is 1. The lowest BCUT2D eigenvalue weighted by molar-refractivity contribution is 0.238. The molecular formula is C17H27N. The lowest BCUT2D eigenvalue weighted by Gasteiger charge is -2.32. The van der Waals surface area contributed by atoms with Crippen LogP contribution in [0.2, 0.25) is 0 Å². The average molecular weight is 245 g/mol. The zero-order chi connectivity index (χ0) is 13.1. The minimum Gasteiger partial charge on any atom is -0.310 e. The molecule has 1 aliphatic carbocycles. The van der Waals surface area contributed by atoms with Gasteiger partial charge in [0.25, 0.3) is 0 Å². The molecule has 1 N–H and O–H groups in total. The first kappa shape index (κ1) is 13.6. The normalized spacial score (nSPS) is 28.3. The molecule has 0 bridgehead atoms. The van der Waals surface area contributed by atoms with E-state index in [1.165, 1.54) is 36.0 Å². The molecule has 0 saturated heterocycles. The van der Waals surface area contributed by atoms with E-state index in [4.69, 9.17) is 0 Å². The Bertz CT molecular complexity index is 387. The molecule has 0 spiro atoms. The Kier molecular flexibility index (Phi) is 4.45. The maximum absolute atomic E-state index is 3.77. The van der Waals surface area contributed by atoms with Gasteiger partial charge in [-0.1, -0.05) is 32.0 Å². The summed E-state index contributed by atoms with van der Waals surface area (Å²) in [4.78, 5) is 0. The van der Waals surface area contributed by atoms with Crippen LogP contribution in [-0.2, 0) is 6.54 Å². The highest BCUT2D eigenvalue weighted by Crippen LogP contribution is 2.28. The predicted octanol–water partition coefficient (Wildman–Crippen LogP) is 4.22. The quantitative estimate of drug-likeness (QED) is 0.841. The molecule has 1 nitrogen and oxygen atoms in total. The molecule has 2 rings (SSSR count). The monoisotopic (exact) mass is 245 g/mol. The summed E-state index contributed by atoms with van der Waals surface area (Å²) in [6.07, 6.45) is 4.09. The highest BCUT2D eigenvalue weighted by atomic mass is 14.9. The third-order valence-electron chi connectivity index (χ3n) is 4.48. The Morgan fingerprint density at radius 1 is 1.06 bits per heavy atom. The Morgan fingerprint density at radius 3 is 2.39 bits per heavy atom. The first-order valence-electron chi connectivity index (χ1n) is 7.34. The van der Waals surface area contributed by atoms with Crippen molar-refractivity contribution in [3.63, 3.8) is 0 Å². The van der Waals surface area contributed by atoms with E-state index in [0.29, 0.717) is 6.04 Å². The van der Waals surface area contributed by atoms with Gasteiger partial charge in [-0.2, -0.15) is 0 Å². The molecule has 2 unspecified atom stereocenters. The maximum atomic E-state index is 3.77. The molecule has 1 aromatic carbocycles. The molecule has 2 atom stereocenters. The van der Waals surface area contributed by atoms with Gasteiger partial charge in [0.05, 0.1) is 0 Å². The fraction of sp³-hybridized carbons (Fsp3) is 0.647. The van der Waals surface area contributed by atoms with Crippen LogP contribution in [0.5, 0.6) is 0 Å². The van der Waals surface area contributed by atoms with Gasteiger partial charge in [-0.25, -0.2) is 0 Å². The Balaban J connectivity index is 1.93. The van der Waals surface area contributed by atoms with Gasteiger partial charge in [-0.3, -0.25) is 0 Å². The van der Waals surface area contributed by atoms with Crippen molar-refractivity contribution in [2.45, 2.75) is 59.5 Å². The highest BCUT2D eigenvalue weighted by Gasteiger charge is 2.23. The molecule has 0 radical (unpaired) electrons. The van der Waals surface area contributed by atoms with Gasteiger partial charge in [-0.15, -0.1) is 0 Å². The molecule has 1 fully saturated rings. The largest absolute Gasteiger partial charge is 0.310 e. The summed E-state index contributed by atoms with van der Waals surface area (Å²) < 4.78 is 0. The molecule has 0 heterocycles. The van der Waals surface area contributed by atoms with Crippen LogP contribution in [0, 0.1) is 25.7 Å². The van der Waals surface area contributed by atoms with Crippen molar-refractivity contribution in [3.8, 4) is 0 Å². The lowest BCUT2D eigenvalue weighted by atomic mass is 9.80. The summed E-state index contributed by atoms with van der Waals surface area (Å²) in [6, 6.07) is 7.34. The number of rotatable bonds is 3. The first-order valence-corrected chi connectivity index (χ1v) is 7.34. The van der Waals surface area contributed by atoms with Crippen molar-refractivity contribution >= 4 is 0 Å². The van der Waals surface area contributed by atoms with Gasteiger partial charge >= 0.3 is 0 Å². The Labute approximate surface area is 112 Å². The Morgan fingerprint density at radius 2 is 1.72 bits per heavy atom. The van der Waals surface area contributed by atoms with Crippen LogP contribution in [0.4, 0.5) is 0 Å². The zero-order valence-corrected chi connectivity index (χ0v) is 12.3. The first-order chi connectivity index (χ1) is 8.56. The van der Waals surface area contributed by atoms with Crippen LogP contribution in [0.3, 0.4) is 0 Å². The minimum absolute atomic E-state index is 0.712. The SMILES string of the molecule is Cc1cccc(CNC2CC(C)CC(C)C2)c1C. The van der Waals surface area contributed by atoms with Gasteiger partial charge < -0.3 is 5.32 Å². The molecule has 0 aromatic heterocycles. The fourth-order valence-electron chi connectivity index (χ4n) is 3.37. The molecule has 0 aliphatic heterocycles. The molecule has 0 amide bonds. The predicted molar refractivity (Wildman–Crippen MR) is 78.7 cm³/mol. The van der Waals surface area contributed by atoms with Crippen molar-refractivity contribution in [2.24, 2.45) is 11.8 Å². The number of hydrogen-bond donors (Lipinski definition) is 1. The fourth-order valence-corrected chi connectivity index (χ4v) is 3.37. The second-order valence-electron chi connectivity index (χ2n) is 6.35. The van der Waals surface area contributed by atoms with Crippen molar-refractivity contribution < 1.29 is 0 Å². The van der Waals surface area contributed by atoms with Crippen molar-refractivity contribution in [2.75, 3.05) is 0 Å². The second-order valence-corrected chi connectivity index (χ2v) is 6.35. The molecule has 1 aliphatic rings. The third kappa shape index (κ3) is 3.35. The number of hydrogen-bond acceptors (Lipinski definition) is 1. The summed E-state index contributed by atoms with van der Waals surface area (Å²) in [6.45, 7) is 10.2. The number of aryl methyl sites for hydroxylation is 1. The lowest BCUT2D eigenvalue weighted by Crippen LogP contribution is -2.36. The third-order valence-corrected chi connectivity index (χ3v) is 4.48. The molecule has 1 heteroatoms. The summed E-state index contributed by atoms with van der Waals surface area (Å²) in [5.41, 5.74) is 4.31. The van der Waals surface area contributed by atoms with Crippen molar-refractivity contribution in [1.29, 1.82) is 0 Å². The standard InChI is InChI=1S/C17H27N/c1-12-8-13(2)10-17(9-12)18-11-16-7-5-6-14(3)15(16)4/h5-7,12-13,17-18H,8-11H2,1-4H3. The van der Waals surface area contributed by atoms with E-state index in [1.54, 1.807) is 0 Å². The summed E-state index contributed by atoms with van der Waals surface area (Å²) >= 11 is 0. The highest BCUT2D eigenvalue weighted by molar-refractivity contribution is 5.32. The van der Waals surface area contributed by atoms with Crippen LogP contribution in [0.15, 0.2) is 18.2 Å². The summed E-state index contributed by atoms with van der Waals surface area (Å²) in [5, 5.41) is 3.77. The van der Waals surface area contributed by atoms with E-state index in [1.807, 2.05) is 0 Å².